The van der Waals surface area contributed by atoms with Crippen LogP contribution in [0.25, 0.3) is 0 Å². The summed E-state index contributed by atoms with van der Waals surface area (Å²) in [7, 11) is 0. The molecule has 3 aromatic rings. The Morgan fingerprint density at radius 2 is 1.85 bits per heavy atom. The second-order valence-electron chi connectivity index (χ2n) is 6.51. The Bertz CT molecular complexity index is 914. The van der Waals surface area contributed by atoms with Crippen molar-refractivity contribution in [1.29, 1.82) is 0 Å². The minimum atomic E-state index is -0.183. The number of halogens is 1. The first kappa shape index (κ1) is 17.0. The van der Waals surface area contributed by atoms with E-state index >= 15 is 0 Å². The monoisotopic (exact) mass is 365 g/mol. The number of fused-ring (bicyclic) bond motifs is 1. The highest BCUT2D eigenvalue weighted by Gasteiger charge is 2.23. The number of rotatable bonds is 3. The molecular formula is C22H20FNOS. The van der Waals surface area contributed by atoms with E-state index in [1.807, 2.05) is 30.3 Å². The van der Waals surface area contributed by atoms with E-state index in [9.17, 15) is 9.50 Å². The molecule has 1 aliphatic rings. The van der Waals surface area contributed by atoms with Gasteiger partial charge in [-0.15, -0.1) is 11.8 Å². The SMILES string of the molecule is Oc1cccc(CN2CC[C@H](c3cccc(F)c3)Sc3ccccc32)c1. The van der Waals surface area contributed by atoms with Crippen LogP contribution in [0.3, 0.4) is 0 Å². The maximum atomic E-state index is 13.7. The molecule has 3 aromatic carbocycles. The van der Waals surface area contributed by atoms with Crippen LogP contribution in [0.5, 0.6) is 5.75 Å². The fraction of sp³-hybridized carbons (Fsp3) is 0.182. The van der Waals surface area contributed by atoms with Crippen LogP contribution in [0.2, 0.25) is 0 Å². The van der Waals surface area contributed by atoms with Crippen LogP contribution in [0, 0.1) is 5.82 Å². The topological polar surface area (TPSA) is 23.5 Å². The molecule has 4 heteroatoms. The highest BCUT2D eigenvalue weighted by atomic mass is 32.2. The molecule has 0 spiro atoms. The number of benzene rings is 3. The van der Waals surface area contributed by atoms with Crippen molar-refractivity contribution in [3.63, 3.8) is 0 Å². The van der Waals surface area contributed by atoms with Gasteiger partial charge in [-0.1, -0.05) is 36.4 Å². The first-order chi connectivity index (χ1) is 12.7. The molecule has 132 valence electrons. The minimum absolute atomic E-state index is 0.183. The van der Waals surface area contributed by atoms with Gasteiger partial charge in [-0.2, -0.15) is 0 Å². The van der Waals surface area contributed by atoms with Gasteiger partial charge in [0.2, 0.25) is 0 Å². The average molecular weight is 365 g/mol. The molecule has 0 bridgehead atoms. The summed E-state index contributed by atoms with van der Waals surface area (Å²) < 4.78 is 13.7. The number of para-hydroxylation sites is 1. The number of thioether (sulfide) groups is 1. The van der Waals surface area contributed by atoms with Crippen molar-refractivity contribution < 1.29 is 9.50 Å². The maximum Gasteiger partial charge on any atom is 0.123 e. The minimum Gasteiger partial charge on any atom is -0.508 e. The first-order valence-corrected chi connectivity index (χ1v) is 9.61. The maximum absolute atomic E-state index is 13.7. The van der Waals surface area contributed by atoms with Crippen molar-refractivity contribution in [2.24, 2.45) is 0 Å². The molecule has 0 radical (unpaired) electrons. The number of hydrogen-bond acceptors (Lipinski definition) is 3. The first-order valence-electron chi connectivity index (χ1n) is 8.73. The van der Waals surface area contributed by atoms with Gasteiger partial charge < -0.3 is 10.0 Å². The smallest absolute Gasteiger partial charge is 0.123 e. The molecule has 0 fully saturated rings. The van der Waals surface area contributed by atoms with Crippen molar-refractivity contribution in [3.8, 4) is 5.75 Å². The molecule has 26 heavy (non-hydrogen) atoms. The van der Waals surface area contributed by atoms with E-state index in [1.54, 1.807) is 30.0 Å². The molecule has 1 N–H and O–H groups in total. The van der Waals surface area contributed by atoms with Crippen LogP contribution in [-0.2, 0) is 6.54 Å². The molecule has 0 aliphatic carbocycles. The van der Waals surface area contributed by atoms with E-state index < -0.39 is 0 Å². The lowest BCUT2D eigenvalue weighted by Crippen LogP contribution is -2.23. The van der Waals surface area contributed by atoms with E-state index in [1.165, 1.54) is 16.6 Å². The van der Waals surface area contributed by atoms with Crippen molar-refractivity contribution in [3.05, 3.63) is 89.7 Å². The molecular weight excluding hydrogens is 345 g/mol. The third-order valence-corrected chi connectivity index (χ3v) is 6.03. The molecule has 0 unspecified atom stereocenters. The molecule has 1 heterocycles. The highest BCUT2D eigenvalue weighted by Crippen LogP contribution is 2.45. The molecule has 0 saturated heterocycles. The Hall–Kier alpha value is -2.46. The van der Waals surface area contributed by atoms with Gasteiger partial charge in [0.15, 0.2) is 0 Å². The third-order valence-electron chi connectivity index (χ3n) is 4.64. The second-order valence-corrected chi connectivity index (χ2v) is 7.75. The Kier molecular flexibility index (Phi) is 4.85. The number of aromatic hydroxyl groups is 1. The Labute approximate surface area is 157 Å². The number of phenols is 1. The number of anilines is 1. The summed E-state index contributed by atoms with van der Waals surface area (Å²) in [6.45, 7) is 1.61. The summed E-state index contributed by atoms with van der Waals surface area (Å²) >= 11 is 1.80. The molecule has 4 rings (SSSR count). The second kappa shape index (κ2) is 7.42. The Morgan fingerprint density at radius 1 is 1.00 bits per heavy atom. The largest absolute Gasteiger partial charge is 0.508 e. The lowest BCUT2D eigenvalue weighted by Gasteiger charge is -2.24. The van der Waals surface area contributed by atoms with Crippen LogP contribution in [0.1, 0.15) is 22.8 Å². The summed E-state index contributed by atoms with van der Waals surface area (Å²) in [6, 6.07) is 22.7. The zero-order valence-corrected chi connectivity index (χ0v) is 15.1. The van der Waals surface area contributed by atoms with E-state index in [4.69, 9.17) is 0 Å². The molecule has 0 aromatic heterocycles. The predicted molar refractivity (Wildman–Crippen MR) is 105 cm³/mol. The van der Waals surface area contributed by atoms with Gasteiger partial charge >= 0.3 is 0 Å². The highest BCUT2D eigenvalue weighted by molar-refractivity contribution is 7.99. The van der Waals surface area contributed by atoms with Crippen LogP contribution in [0.4, 0.5) is 10.1 Å². The zero-order chi connectivity index (χ0) is 17.9. The molecule has 2 nitrogen and oxygen atoms in total. The average Bonchev–Trinajstić information content (AvgIpc) is 2.82. The van der Waals surface area contributed by atoms with Crippen LogP contribution >= 0.6 is 11.8 Å². The fourth-order valence-corrected chi connectivity index (χ4v) is 4.69. The lowest BCUT2D eigenvalue weighted by molar-refractivity contribution is 0.474. The molecule has 0 saturated carbocycles. The summed E-state index contributed by atoms with van der Waals surface area (Å²) in [5.41, 5.74) is 3.30. The van der Waals surface area contributed by atoms with Gasteiger partial charge in [0.1, 0.15) is 11.6 Å². The summed E-state index contributed by atoms with van der Waals surface area (Å²) in [6.07, 6.45) is 0.932. The summed E-state index contributed by atoms with van der Waals surface area (Å²) in [5.74, 6) is 0.106. The molecule has 1 aliphatic heterocycles. The van der Waals surface area contributed by atoms with Crippen molar-refractivity contribution in [1.82, 2.24) is 0 Å². The van der Waals surface area contributed by atoms with Crippen molar-refractivity contribution in [2.75, 3.05) is 11.4 Å². The lowest BCUT2D eigenvalue weighted by atomic mass is 10.1. The third kappa shape index (κ3) is 3.70. The van der Waals surface area contributed by atoms with Gasteiger partial charge in [-0.3, -0.25) is 0 Å². The van der Waals surface area contributed by atoms with Gasteiger partial charge in [-0.25, -0.2) is 4.39 Å². The summed E-state index contributed by atoms with van der Waals surface area (Å²) in [4.78, 5) is 3.55. The van der Waals surface area contributed by atoms with Crippen molar-refractivity contribution in [2.45, 2.75) is 23.1 Å². The van der Waals surface area contributed by atoms with Crippen molar-refractivity contribution >= 4 is 17.4 Å². The van der Waals surface area contributed by atoms with E-state index in [0.717, 1.165) is 30.6 Å². The summed E-state index contributed by atoms with van der Waals surface area (Å²) in [5, 5.41) is 9.98. The van der Waals surface area contributed by atoms with Gasteiger partial charge in [0.25, 0.3) is 0 Å². The predicted octanol–water partition coefficient (Wildman–Crippen LogP) is 5.78. The molecule has 0 amide bonds. The van der Waals surface area contributed by atoms with Gasteiger partial charge in [-0.05, 0) is 53.9 Å². The van der Waals surface area contributed by atoms with Crippen LogP contribution in [-0.4, -0.2) is 11.7 Å². The normalized spacial score (nSPS) is 16.8. The standard InChI is InChI=1S/C22H20FNOS/c23-18-7-4-6-17(14-18)21-11-12-24(15-16-5-3-8-19(25)13-16)20-9-1-2-10-22(20)26-21/h1-10,13-14,21,25H,11-12,15H2/t21-/m1/s1. The van der Waals surface area contributed by atoms with E-state index in [-0.39, 0.29) is 16.8 Å². The molecule has 1 atom stereocenters. The number of nitrogens with zero attached hydrogens (tertiary/aromatic N) is 1. The van der Waals surface area contributed by atoms with E-state index in [0.29, 0.717) is 0 Å². The zero-order valence-electron chi connectivity index (χ0n) is 14.3. The van der Waals surface area contributed by atoms with Gasteiger partial charge in [0, 0.05) is 23.2 Å². The Balaban J connectivity index is 1.64. The Morgan fingerprint density at radius 3 is 2.69 bits per heavy atom. The number of phenolic OH excluding ortho intramolecular Hbond substituents is 1. The number of hydrogen-bond donors (Lipinski definition) is 1. The fourth-order valence-electron chi connectivity index (χ4n) is 3.40. The quantitative estimate of drug-likeness (QED) is 0.637. The van der Waals surface area contributed by atoms with Gasteiger partial charge in [0.05, 0.1) is 5.69 Å². The van der Waals surface area contributed by atoms with E-state index in [2.05, 4.69) is 23.1 Å². The van der Waals surface area contributed by atoms with Crippen LogP contribution in [0.15, 0.2) is 77.7 Å². The van der Waals surface area contributed by atoms with Crippen LogP contribution < -0.4 is 4.90 Å².